The van der Waals surface area contributed by atoms with Gasteiger partial charge in [-0.3, -0.25) is 9.48 Å². The predicted molar refractivity (Wildman–Crippen MR) is 125 cm³/mol. The third kappa shape index (κ3) is 4.75. The van der Waals surface area contributed by atoms with Crippen molar-refractivity contribution in [3.8, 4) is 0 Å². The summed E-state index contributed by atoms with van der Waals surface area (Å²) in [5.74, 6) is -1.29. The Hall–Kier alpha value is -3.27. The minimum absolute atomic E-state index is 0.0240. The molecule has 1 aromatic carbocycles. The van der Waals surface area contributed by atoms with Gasteiger partial charge in [-0.15, -0.1) is 0 Å². The molecule has 0 saturated heterocycles. The van der Waals surface area contributed by atoms with E-state index in [4.69, 9.17) is 11.5 Å². The van der Waals surface area contributed by atoms with Crippen molar-refractivity contribution in [1.29, 1.82) is 0 Å². The van der Waals surface area contributed by atoms with Gasteiger partial charge in [-0.25, -0.2) is 13.8 Å². The van der Waals surface area contributed by atoms with E-state index in [9.17, 15) is 13.6 Å². The lowest BCUT2D eigenvalue weighted by atomic mass is 9.91. The van der Waals surface area contributed by atoms with Crippen LogP contribution in [0.3, 0.4) is 0 Å². The number of pyridine rings is 1. The Morgan fingerprint density at radius 2 is 2.03 bits per heavy atom. The number of benzene rings is 1. The van der Waals surface area contributed by atoms with Gasteiger partial charge in [-0.1, -0.05) is 19.8 Å². The average molecular weight is 458 g/mol. The molecule has 0 unspecified atom stereocenters. The number of fused-ring (bicyclic) bond motifs is 1. The van der Waals surface area contributed by atoms with E-state index in [0.717, 1.165) is 48.3 Å². The highest BCUT2D eigenvalue weighted by Crippen LogP contribution is 2.29. The number of carbonyl (C=O) groups excluding carboxylic acids is 1. The van der Waals surface area contributed by atoms with Gasteiger partial charge in [0, 0.05) is 23.2 Å². The van der Waals surface area contributed by atoms with E-state index in [1.165, 1.54) is 0 Å². The van der Waals surface area contributed by atoms with E-state index in [0.29, 0.717) is 12.1 Å². The zero-order valence-electron chi connectivity index (χ0n) is 18.6. The molecule has 0 aliphatic heterocycles. The zero-order valence-corrected chi connectivity index (χ0v) is 18.6. The van der Waals surface area contributed by atoms with Crippen LogP contribution < -0.4 is 22.1 Å². The summed E-state index contributed by atoms with van der Waals surface area (Å²) in [6.07, 6.45) is 4.41. The van der Waals surface area contributed by atoms with Crippen molar-refractivity contribution >= 4 is 34.1 Å². The Morgan fingerprint density at radius 1 is 1.24 bits per heavy atom. The number of primary amides is 1. The highest BCUT2D eigenvalue weighted by molar-refractivity contribution is 5.99. The molecule has 0 bridgehead atoms. The summed E-state index contributed by atoms with van der Waals surface area (Å²) in [5.41, 5.74) is 13.9. The fourth-order valence-electron chi connectivity index (χ4n) is 4.36. The normalized spacial score (nSPS) is 18.4. The van der Waals surface area contributed by atoms with Crippen molar-refractivity contribution in [1.82, 2.24) is 14.8 Å². The van der Waals surface area contributed by atoms with Crippen molar-refractivity contribution in [3.05, 3.63) is 41.3 Å². The Morgan fingerprint density at radius 3 is 2.73 bits per heavy atom. The van der Waals surface area contributed by atoms with Crippen molar-refractivity contribution in [2.24, 2.45) is 11.5 Å². The Bertz CT molecular complexity index is 1160. The topological polar surface area (TPSA) is 124 Å². The molecule has 8 nitrogen and oxygen atoms in total. The molecule has 10 heteroatoms. The molecule has 1 saturated carbocycles. The summed E-state index contributed by atoms with van der Waals surface area (Å²) in [6.45, 7) is 1.64. The van der Waals surface area contributed by atoms with Crippen LogP contribution in [0, 0.1) is 5.82 Å². The molecule has 2 heterocycles. The maximum absolute atomic E-state index is 14.8. The van der Waals surface area contributed by atoms with Gasteiger partial charge in [0.1, 0.15) is 12.5 Å². The monoisotopic (exact) mass is 457 g/mol. The van der Waals surface area contributed by atoms with Crippen LogP contribution in [-0.2, 0) is 13.0 Å². The first-order valence-corrected chi connectivity index (χ1v) is 11.3. The van der Waals surface area contributed by atoms with Crippen LogP contribution in [0.5, 0.6) is 0 Å². The molecular weight excluding hydrogens is 428 g/mol. The third-order valence-corrected chi connectivity index (χ3v) is 6.10. The van der Waals surface area contributed by atoms with Crippen molar-refractivity contribution < 1.29 is 13.6 Å². The molecule has 0 radical (unpaired) electrons. The van der Waals surface area contributed by atoms with E-state index in [-0.39, 0.29) is 35.8 Å². The number of anilines is 3. The van der Waals surface area contributed by atoms with Gasteiger partial charge in [0.25, 0.3) is 5.91 Å². The summed E-state index contributed by atoms with van der Waals surface area (Å²) in [4.78, 5) is 16.3. The smallest absolute Gasteiger partial charge is 0.252 e. The summed E-state index contributed by atoms with van der Waals surface area (Å²) in [7, 11) is 0. The number of halogens is 2. The number of hydrogen-bond donors (Lipinski definition) is 4. The van der Waals surface area contributed by atoms with Crippen molar-refractivity contribution in [3.63, 3.8) is 0 Å². The van der Waals surface area contributed by atoms with Crippen LogP contribution in [0.2, 0.25) is 0 Å². The average Bonchev–Trinajstić information content (AvgIpc) is 3.14. The Balaban J connectivity index is 1.68. The lowest BCUT2D eigenvalue weighted by Crippen LogP contribution is -2.43. The standard InChI is InChI=1S/C23H29F2N7O/c1-2-18-14-11-13(7-8-20(14)32(31-18)10-9-24)28-22-15(21(27)33)12-16(25)23(30-22)29-19-6-4-3-5-17(19)26/h7-8,11-12,17,19H,2-6,9-10,26H2,1H3,(H2,27,33)(H2,28,29,30)/t17-,19+/m0/s1. The first-order chi connectivity index (χ1) is 15.9. The number of carbonyl (C=O) groups is 1. The lowest BCUT2D eigenvalue weighted by Gasteiger charge is -2.30. The Labute approximate surface area is 190 Å². The fourth-order valence-corrected chi connectivity index (χ4v) is 4.36. The van der Waals surface area contributed by atoms with Gasteiger partial charge in [-0.2, -0.15) is 5.10 Å². The molecule has 33 heavy (non-hydrogen) atoms. The van der Waals surface area contributed by atoms with Gasteiger partial charge in [0.05, 0.1) is 23.3 Å². The summed E-state index contributed by atoms with van der Waals surface area (Å²) >= 11 is 0. The van der Waals surface area contributed by atoms with Crippen molar-refractivity contribution in [2.45, 2.75) is 57.7 Å². The second kappa shape index (κ2) is 9.70. The third-order valence-electron chi connectivity index (χ3n) is 6.10. The maximum Gasteiger partial charge on any atom is 0.252 e. The second-order valence-electron chi connectivity index (χ2n) is 8.35. The van der Waals surface area contributed by atoms with Crippen LogP contribution >= 0.6 is 0 Å². The van der Waals surface area contributed by atoms with E-state index < -0.39 is 18.4 Å². The van der Waals surface area contributed by atoms with Crippen LogP contribution in [0.25, 0.3) is 10.9 Å². The SMILES string of the molecule is CCc1nn(CCF)c2ccc(Nc3nc(N[C@@H]4CCCC[C@@H]4N)c(F)cc3C(N)=O)cc12. The number of amides is 1. The first kappa shape index (κ1) is 22.9. The van der Waals surface area contributed by atoms with E-state index >= 15 is 0 Å². The zero-order chi connectivity index (χ0) is 23.5. The largest absolute Gasteiger partial charge is 0.365 e. The van der Waals surface area contributed by atoms with E-state index in [1.54, 1.807) is 10.7 Å². The van der Waals surface area contributed by atoms with Gasteiger partial charge in [0.15, 0.2) is 11.6 Å². The minimum atomic E-state index is -0.795. The number of hydrogen-bond acceptors (Lipinski definition) is 6. The number of aromatic nitrogens is 3. The number of nitrogens with one attached hydrogen (secondary N) is 2. The molecule has 4 rings (SSSR count). The molecule has 1 aliphatic rings. The van der Waals surface area contributed by atoms with E-state index in [1.807, 2.05) is 19.1 Å². The van der Waals surface area contributed by atoms with Crippen LogP contribution in [0.1, 0.15) is 48.7 Å². The number of aryl methyl sites for hydroxylation is 2. The number of nitrogens with zero attached hydrogens (tertiary/aromatic N) is 3. The highest BCUT2D eigenvalue weighted by atomic mass is 19.1. The Kier molecular flexibility index (Phi) is 6.73. The number of rotatable bonds is 8. The maximum atomic E-state index is 14.8. The molecule has 1 aliphatic carbocycles. The molecule has 3 aromatic rings. The summed E-state index contributed by atoms with van der Waals surface area (Å²) < 4.78 is 29.3. The van der Waals surface area contributed by atoms with Crippen LogP contribution in [-0.4, -0.2) is 39.4 Å². The van der Waals surface area contributed by atoms with E-state index in [2.05, 4.69) is 20.7 Å². The number of nitrogens with two attached hydrogens (primary N) is 2. The van der Waals surface area contributed by atoms with Gasteiger partial charge in [-0.05, 0) is 43.5 Å². The molecule has 176 valence electrons. The molecular formula is C23H29F2N7O. The quantitative estimate of drug-likeness (QED) is 0.410. The highest BCUT2D eigenvalue weighted by Gasteiger charge is 2.24. The summed E-state index contributed by atoms with van der Waals surface area (Å²) in [5, 5.41) is 11.5. The lowest BCUT2D eigenvalue weighted by molar-refractivity contribution is 0.100. The fraction of sp³-hybridized carbons (Fsp3) is 0.435. The van der Waals surface area contributed by atoms with Crippen molar-refractivity contribution in [2.75, 3.05) is 17.3 Å². The molecule has 2 aromatic heterocycles. The van der Waals surface area contributed by atoms with Crippen LogP contribution in [0.15, 0.2) is 24.3 Å². The summed E-state index contributed by atoms with van der Waals surface area (Å²) in [6, 6.07) is 6.35. The molecule has 1 fully saturated rings. The van der Waals surface area contributed by atoms with Crippen LogP contribution in [0.4, 0.5) is 26.1 Å². The molecule has 0 spiro atoms. The predicted octanol–water partition coefficient (Wildman–Crippen LogP) is 3.63. The second-order valence-corrected chi connectivity index (χ2v) is 8.35. The van der Waals surface area contributed by atoms with Gasteiger partial charge < -0.3 is 22.1 Å². The molecule has 2 atom stereocenters. The first-order valence-electron chi connectivity index (χ1n) is 11.3. The minimum Gasteiger partial charge on any atom is -0.365 e. The van der Waals surface area contributed by atoms with Gasteiger partial charge in [0.2, 0.25) is 0 Å². The number of alkyl halides is 1. The van der Waals surface area contributed by atoms with Gasteiger partial charge >= 0.3 is 0 Å². The molecule has 6 N–H and O–H groups in total. The molecule has 1 amide bonds.